The normalized spacial score (nSPS) is 18.1. The van der Waals surface area contributed by atoms with Crippen LogP contribution in [0.15, 0.2) is 15.7 Å². The van der Waals surface area contributed by atoms with Gasteiger partial charge in [0.2, 0.25) is 0 Å². The Morgan fingerprint density at radius 2 is 1.96 bits per heavy atom. The molecule has 1 atom stereocenters. The first-order chi connectivity index (χ1) is 12.8. The van der Waals surface area contributed by atoms with Gasteiger partial charge in [-0.15, -0.1) is 0 Å². The predicted molar refractivity (Wildman–Crippen MR) is 103 cm³/mol. The van der Waals surface area contributed by atoms with E-state index in [4.69, 9.17) is 0 Å². The molecule has 2 aromatic heterocycles. The van der Waals surface area contributed by atoms with Crippen LogP contribution in [0.25, 0.3) is 11.0 Å². The number of fused-ring (bicyclic) bond motifs is 1. The lowest BCUT2D eigenvalue weighted by molar-refractivity contribution is 0.0937. The third-order valence-corrected chi connectivity index (χ3v) is 5.44. The number of carbonyl (C=O) groups excluding carboxylic acids is 1. The third kappa shape index (κ3) is 3.55. The Morgan fingerprint density at radius 1 is 1.26 bits per heavy atom. The van der Waals surface area contributed by atoms with Crippen LogP contribution in [0, 0.1) is 11.8 Å². The average Bonchev–Trinajstić information content (AvgIpc) is 3.47. The lowest BCUT2D eigenvalue weighted by Gasteiger charge is -2.16. The van der Waals surface area contributed by atoms with Crippen LogP contribution in [0.4, 0.5) is 0 Å². The summed E-state index contributed by atoms with van der Waals surface area (Å²) in [6, 6.07) is 1.82. The standard InChI is InChI=1S/C20H26N4O3/c1-10(2)9-24-17-16(19(26)23-20(24)27)14(8-15(22-17)13-6-7-13)18(25)21-11(3)12-4-5-12/h8,10-13H,4-7,9H2,1-3H3,(H,21,25)(H,23,26,27). The molecule has 7 heteroatoms. The Labute approximate surface area is 157 Å². The van der Waals surface area contributed by atoms with Crippen molar-refractivity contribution in [2.45, 2.75) is 65.0 Å². The molecule has 2 saturated carbocycles. The molecular formula is C20H26N4O3. The number of nitrogens with one attached hydrogen (secondary N) is 2. The zero-order valence-corrected chi connectivity index (χ0v) is 16.0. The van der Waals surface area contributed by atoms with Crippen molar-refractivity contribution in [1.82, 2.24) is 19.9 Å². The molecule has 4 rings (SSSR count). The Kier molecular flexibility index (Phi) is 4.40. The number of hydrogen-bond donors (Lipinski definition) is 2. The van der Waals surface area contributed by atoms with E-state index < -0.39 is 11.2 Å². The van der Waals surface area contributed by atoms with Gasteiger partial charge in [0, 0.05) is 24.2 Å². The maximum Gasteiger partial charge on any atom is 0.330 e. The fraction of sp³-hybridized carbons (Fsp3) is 0.600. The maximum absolute atomic E-state index is 13.0. The molecule has 1 amide bonds. The predicted octanol–water partition coefficient (Wildman–Crippen LogP) is 2.15. The molecule has 2 heterocycles. The highest BCUT2D eigenvalue weighted by Crippen LogP contribution is 2.40. The summed E-state index contributed by atoms with van der Waals surface area (Å²) < 4.78 is 1.49. The minimum Gasteiger partial charge on any atom is -0.349 e. The second-order valence-corrected chi connectivity index (χ2v) is 8.43. The van der Waals surface area contributed by atoms with Gasteiger partial charge in [0.15, 0.2) is 5.65 Å². The van der Waals surface area contributed by atoms with E-state index in [0.717, 1.165) is 31.4 Å². The van der Waals surface area contributed by atoms with Gasteiger partial charge in [-0.25, -0.2) is 9.78 Å². The molecule has 2 aromatic rings. The Balaban J connectivity index is 1.89. The van der Waals surface area contributed by atoms with Crippen LogP contribution in [0.3, 0.4) is 0 Å². The molecule has 0 bridgehead atoms. The van der Waals surface area contributed by atoms with Crippen LogP contribution in [0.2, 0.25) is 0 Å². The zero-order valence-electron chi connectivity index (χ0n) is 16.0. The van der Waals surface area contributed by atoms with Gasteiger partial charge in [-0.1, -0.05) is 13.8 Å². The summed E-state index contributed by atoms with van der Waals surface area (Å²) in [5.74, 6) is 0.769. The number of H-pyrrole nitrogens is 1. The summed E-state index contributed by atoms with van der Waals surface area (Å²) in [5.41, 5.74) is 0.432. The summed E-state index contributed by atoms with van der Waals surface area (Å²) in [7, 11) is 0. The van der Waals surface area contributed by atoms with E-state index in [0.29, 0.717) is 29.6 Å². The van der Waals surface area contributed by atoms with E-state index >= 15 is 0 Å². The Bertz CT molecular complexity index is 1010. The van der Waals surface area contributed by atoms with Crippen molar-refractivity contribution in [2.75, 3.05) is 0 Å². The number of amides is 1. The molecule has 0 aliphatic heterocycles. The van der Waals surface area contributed by atoms with Crippen LogP contribution >= 0.6 is 0 Å². The number of aromatic amines is 1. The highest BCUT2D eigenvalue weighted by atomic mass is 16.2. The summed E-state index contributed by atoms with van der Waals surface area (Å²) in [5, 5.41) is 3.24. The molecule has 0 saturated heterocycles. The molecule has 0 radical (unpaired) electrons. The van der Waals surface area contributed by atoms with Crippen LogP contribution < -0.4 is 16.6 Å². The minimum absolute atomic E-state index is 0.0748. The highest BCUT2D eigenvalue weighted by molar-refractivity contribution is 6.05. The van der Waals surface area contributed by atoms with Crippen molar-refractivity contribution < 1.29 is 4.79 Å². The van der Waals surface area contributed by atoms with Gasteiger partial charge in [-0.05, 0) is 50.5 Å². The van der Waals surface area contributed by atoms with Crippen molar-refractivity contribution in [2.24, 2.45) is 11.8 Å². The van der Waals surface area contributed by atoms with Crippen molar-refractivity contribution in [3.8, 4) is 0 Å². The SMILES string of the molecule is CC(C)Cn1c(=O)[nH]c(=O)c2c(C(=O)NC(C)C3CC3)cc(C3CC3)nc21. The summed E-state index contributed by atoms with van der Waals surface area (Å²) in [4.78, 5) is 45.0. The molecule has 0 spiro atoms. The van der Waals surface area contributed by atoms with E-state index in [1.54, 1.807) is 6.07 Å². The molecule has 2 fully saturated rings. The monoisotopic (exact) mass is 370 g/mol. The molecule has 2 N–H and O–H groups in total. The van der Waals surface area contributed by atoms with Gasteiger partial charge < -0.3 is 5.32 Å². The van der Waals surface area contributed by atoms with E-state index in [-0.39, 0.29) is 23.3 Å². The van der Waals surface area contributed by atoms with Crippen molar-refractivity contribution in [1.29, 1.82) is 0 Å². The highest BCUT2D eigenvalue weighted by Gasteiger charge is 2.32. The van der Waals surface area contributed by atoms with Crippen molar-refractivity contribution in [3.63, 3.8) is 0 Å². The average molecular weight is 370 g/mol. The largest absolute Gasteiger partial charge is 0.349 e. The number of rotatable bonds is 6. The summed E-state index contributed by atoms with van der Waals surface area (Å²) >= 11 is 0. The molecule has 144 valence electrons. The number of aromatic nitrogens is 3. The van der Waals surface area contributed by atoms with Crippen LogP contribution in [0.1, 0.15) is 68.4 Å². The molecule has 7 nitrogen and oxygen atoms in total. The first kappa shape index (κ1) is 17.9. The molecular weight excluding hydrogens is 344 g/mol. The molecule has 27 heavy (non-hydrogen) atoms. The quantitative estimate of drug-likeness (QED) is 0.814. The zero-order chi connectivity index (χ0) is 19.3. The smallest absolute Gasteiger partial charge is 0.330 e. The Hall–Kier alpha value is -2.44. The van der Waals surface area contributed by atoms with Gasteiger partial charge >= 0.3 is 5.69 Å². The van der Waals surface area contributed by atoms with Gasteiger partial charge in [-0.2, -0.15) is 0 Å². The van der Waals surface area contributed by atoms with Crippen LogP contribution in [-0.2, 0) is 6.54 Å². The number of pyridine rings is 1. The second kappa shape index (κ2) is 6.62. The second-order valence-electron chi connectivity index (χ2n) is 8.43. The Morgan fingerprint density at radius 3 is 2.56 bits per heavy atom. The first-order valence-corrected chi connectivity index (χ1v) is 9.83. The van der Waals surface area contributed by atoms with Crippen molar-refractivity contribution in [3.05, 3.63) is 38.2 Å². The first-order valence-electron chi connectivity index (χ1n) is 9.83. The lowest BCUT2D eigenvalue weighted by Crippen LogP contribution is -2.37. The van der Waals surface area contributed by atoms with E-state index in [9.17, 15) is 14.4 Å². The molecule has 0 aromatic carbocycles. The topological polar surface area (TPSA) is 96.9 Å². The van der Waals surface area contributed by atoms with Gasteiger partial charge in [0.1, 0.15) is 0 Å². The maximum atomic E-state index is 13.0. The number of nitrogens with zero attached hydrogens (tertiary/aromatic N) is 2. The third-order valence-electron chi connectivity index (χ3n) is 5.44. The van der Waals surface area contributed by atoms with Crippen LogP contribution in [-0.4, -0.2) is 26.5 Å². The number of hydrogen-bond acceptors (Lipinski definition) is 4. The van der Waals surface area contributed by atoms with Gasteiger partial charge in [0.05, 0.1) is 10.9 Å². The molecule has 1 unspecified atom stereocenters. The number of carbonyl (C=O) groups is 1. The lowest BCUT2D eigenvalue weighted by atomic mass is 10.1. The fourth-order valence-electron chi connectivity index (χ4n) is 3.59. The van der Waals surface area contributed by atoms with Crippen molar-refractivity contribution >= 4 is 16.9 Å². The summed E-state index contributed by atoms with van der Waals surface area (Å²) in [6.07, 6.45) is 4.30. The van der Waals surface area contributed by atoms with E-state index in [1.807, 2.05) is 20.8 Å². The summed E-state index contributed by atoms with van der Waals surface area (Å²) in [6.45, 7) is 6.44. The minimum atomic E-state index is -0.547. The molecule has 2 aliphatic carbocycles. The van der Waals surface area contributed by atoms with Gasteiger partial charge in [-0.3, -0.25) is 19.1 Å². The van der Waals surface area contributed by atoms with E-state index in [2.05, 4.69) is 15.3 Å². The fourth-order valence-corrected chi connectivity index (χ4v) is 3.59. The van der Waals surface area contributed by atoms with Gasteiger partial charge in [0.25, 0.3) is 11.5 Å². The van der Waals surface area contributed by atoms with E-state index in [1.165, 1.54) is 4.57 Å². The van der Waals surface area contributed by atoms with Crippen LogP contribution in [0.5, 0.6) is 0 Å². The molecule has 2 aliphatic rings.